The maximum Gasteiger partial charge on any atom is 0.254 e. The Morgan fingerprint density at radius 2 is 2.19 bits per heavy atom. The maximum atomic E-state index is 12.1. The van der Waals surface area contributed by atoms with Gasteiger partial charge in [-0.2, -0.15) is 0 Å². The summed E-state index contributed by atoms with van der Waals surface area (Å²) in [4.78, 5) is 13.8. The van der Waals surface area contributed by atoms with E-state index in [1.807, 2.05) is 25.1 Å². The second-order valence-corrected chi connectivity index (χ2v) is 4.60. The van der Waals surface area contributed by atoms with Crippen LogP contribution in [0, 0.1) is 6.92 Å². The number of amides is 1. The van der Waals surface area contributed by atoms with E-state index < -0.39 is 0 Å². The average Bonchev–Trinajstić information content (AvgIpc) is 2.28. The van der Waals surface area contributed by atoms with Gasteiger partial charge in [-0.1, -0.05) is 12.1 Å². The molecule has 0 bridgehead atoms. The lowest BCUT2D eigenvalue weighted by molar-refractivity contribution is 0.0793. The quantitative estimate of drug-likeness (QED) is 0.921. The number of carbonyl (C=O) groups is 1. The topological polar surface area (TPSA) is 46.3 Å². The summed E-state index contributed by atoms with van der Waals surface area (Å²) in [5.74, 6) is 0.0315. The van der Waals surface area contributed by atoms with Crippen LogP contribution in [0.15, 0.2) is 22.7 Å². The molecule has 0 unspecified atom stereocenters. The van der Waals surface area contributed by atoms with Gasteiger partial charge in [0.15, 0.2) is 0 Å². The SMILES string of the molecule is Cc1cccc(C(=O)N(C)CCCN)c1Br. The summed E-state index contributed by atoms with van der Waals surface area (Å²) in [5, 5.41) is 0. The fourth-order valence-corrected chi connectivity index (χ4v) is 1.88. The number of halogens is 1. The summed E-state index contributed by atoms with van der Waals surface area (Å²) >= 11 is 3.45. The zero-order valence-corrected chi connectivity index (χ0v) is 11.3. The molecule has 0 fully saturated rings. The Bertz CT molecular complexity index is 379. The van der Waals surface area contributed by atoms with Crippen LogP contribution in [-0.2, 0) is 0 Å². The Balaban J connectivity index is 2.84. The van der Waals surface area contributed by atoms with Crippen molar-refractivity contribution in [2.75, 3.05) is 20.1 Å². The van der Waals surface area contributed by atoms with Crippen LogP contribution in [0.2, 0.25) is 0 Å². The number of nitrogens with two attached hydrogens (primary N) is 1. The zero-order valence-electron chi connectivity index (χ0n) is 9.66. The first-order valence-electron chi connectivity index (χ1n) is 5.28. The lowest BCUT2D eigenvalue weighted by atomic mass is 10.1. The summed E-state index contributed by atoms with van der Waals surface area (Å²) in [6, 6.07) is 5.70. The number of nitrogens with zero attached hydrogens (tertiary/aromatic N) is 1. The van der Waals surface area contributed by atoms with Gasteiger partial charge >= 0.3 is 0 Å². The molecule has 0 aromatic heterocycles. The molecule has 0 aliphatic rings. The van der Waals surface area contributed by atoms with E-state index in [2.05, 4.69) is 15.9 Å². The fraction of sp³-hybridized carbons (Fsp3) is 0.417. The predicted molar refractivity (Wildman–Crippen MR) is 69.5 cm³/mol. The van der Waals surface area contributed by atoms with Gasteiger partial charge in [-0.3, -0.25) is 4.79 Å². The Morgan fingerprint density at radius 3 is 2.81 bits per heavy atom. The smallest absolute Gasteiger partial charge is 0.254 e. The van der Waals surface area contributed by atoms with Crippen LogP contribution < -0.4 is 5.73 Å². The second-order valence-electron chi connectivity index (χ2n) is 3.81. The van der Waals surface area contributed by atoms with E-state index in [0.717, 1.165) is 16.5 Å². The van der Waals surface area contributed by atoms with Crippen molar-refractivity contribution in [2.45, 2.75) is 13.3 Å². The highest BCUT2D eigenvalue weighted by Crippen LogP contribution is 2.22. The molecular formula is C12H17BrN2O. The predicted octanol–water partition coefficient (Wildman–Crippen LogP) is 2.18. The van der Waals surface area contributed by atoms with E-state index in [1.165, 1.54) is 0 Å². The van der Waals surface area contributed by atoms with Gasteiger partial charge in [0.1, 0.15) is 0 Å². The molecule has 1 aromatic rings. The van der Waals surface area contributed by atoms with Gasteiger partial charge in [0, 0.05) is 18.1 Å². The molecule has 0 radical (unpaired) electrons. The van der Waals surface area contributed by atoms with Crippen LogP contribution >= 0.6 is 15.9 Å². The fourth-order valence-electron chi connectivity index (χ4n) is 1.45. The van der Waals surface area contributed by atoms with Crippen LogP contribution in [-0.4, -0.2) is 30.9 Å². The maximum absolute atomic E-state index is 12.1. The van der Waals surface area contributed by atoms with Crippen molar-refractivity contribution in [2.24, 2.45) is 5.73 Å². The van der Waals surface area contributed by atoms with Crippen molar-refractivity contribution < 1.29 is 4.79 Å². The van der Waals surface area contributed by atoms with Gasteiger partial charge < -0.3 is 10.6 Å². The highest BCUT2D eigenvalue weighted by atomic mass is 79.9. The zero-order chi connectivity index (χ0) is 12.1. The summed E-state index contributed by atoms with van der Waals surface area (Å²) in [7, 11) is 1.80. The highest BCUT2D eigenvalue weighted by Gasteiger charge is 2.14. The number of benzene rings is 1. The van der Waals surface area contributed by atoms with E-state index >= 15 is 0 Å². The third kappa shape index (κ3) is 3.06. The third-order valence-electron chi connectivity index (χ3n) is 2.47. The van der Waals surface area contributed by atoms with Crippen molar-refractivity contribution in [3.05, 3.63) is 33.8 Å². The largest absolute Gasteiger partial charge is 0.342 e. The van der Waals surface area contributed by atoms with Crippen molar-refractivity contribution in [3.8, 4) is 0 Å². The van der Waals surface area contributed by atoms with Crippen LogP contribution in [0.4, 0.5) is 0 Å². The van der Waals surface area contributed by atoms with Crippen molar-refractivity contribution in [1.29, 1.82) is 0 Å². The minimum Gasteiger partial charge on any atom is -0.342 e. The number of rotatable bonds is 4. The van der Waals surface area contributed by atoms with E-state index in [1.54, 1.807) is 11.9 Å². The first-order valence-corrected chi connectivity index (χ1v) is 6.08. The first kappa shape index (κ1) is 13.2. The number of carbonyl (C=O) groups excluding carboxylic acids is 1. The molecule has 1 aromatic carbocycles. The van der Waals surface area contributed by atoms with E-state index in [0.29, 0.717) is 18.7 Å². The number of hydrogen-bond acceptors (Lipinski definition) is 2. The molecule has 0 heterocycles. The average molecular weight is 285 g/mol. The van der Waals surface area contributed by atoms with Gasteiger partial charge in [0.25, 0.3) is 5.91 Å². The van der Waals surface area contributed by atoms with E-state index in [-0.39, 0.29) is 5.91 Å². The summed E-state index contributed by atoms with van der Waals surface area (Å²) in [5.41, 5.74) is 7.20. The lowest BCUT2D eigenvalue weighted by Crippen LogP contribution is -2.29. The molecule has 3 nitrogen and oxygen atoms in total. The Morgan fingerprint density at radius 1 is 1.50 bits per heavy atom. The molecule has 1 rings (SSSR count). The third-order valence-corrected chi connectivity index (χ3v) is 3.52. The van der Waals surface area contributed by atoms with Gasteiger partial charge in [0.05, 0.1) is 5.56 Å². The van der Waals surface area contributed by atoms with Gasteiger partial charge in [-0.05, 0) is 47.4 Å². The molecule has 0 spiro atoms. The summed E-state index contributed by atoms with van der Waals surface area (Å²) in [6.45, 7) is 3.27. The molecule has 88 valence electrons. The van der Waals surface area contributed by atoms with Crippen molar-refractivity contribution in [3.63, 3.8) is 0 Å². The molecule has 0 aliphatic carbocycles. The Labute approximate surface area is 105 Å². The Hall–Kier alpha value is -0.870. The Kier molecular flexibility index (Phi) is 4.96. The van der Waals surface area contributed by atoms with Crippen LogP contribution in [0.25, 0.3) is 0 Å². The number of hydrogen-bond donors (Lipinski definition) is 1. The van der Waals surface area contributed by atoms with E-state index in [9.17, 15) is 4.79 Å². The van der Waals surface area contributed by atoms with Gasteiger partial charge in [-0.25, -0.2) is 0 Å². The van der Waals surface area contributed by atoms with Crippen molar-refractivity contribution >= 4 is 21.8 Å². The summed E-state index contributed by atoms with van der Waals surface area (Å²) < 4.78 is 0.875. The monoisotopic (exact) mass is 284 g/mol. The molecule has 0 aliphatic heterocycles. The second kappa shape index (κ2) is 6.01. The molecule has 4 heteroatoms. The normalized spacial score (nSPS) is 10.2. The summed E-state index contributed by atoms with van der Waals surface area (Å²) in [6.07, 6.45) is 0.825. The standard InChI is InChI=1S/C12H17BrN2O/c1-9-5-3-6-10(11(9)13)12(16)15(2)8-4-7-14/h3,5-6H,4,7-8,14H2,1-2H3. The van der Waals surface area contributed by atoms with Crippen LogP contribution in [0.1, 0.15) is 22.3 Å². The molecular weight excluding hydrogens is 268 g/mol. The molecule has 0 saturated carbocycles. The van der Waals surface area contributed by atoms with Crippen molar-refractivity contribution in [1.82, 2.24) is 4.90 Å². The van der Waals surface area contributed by atoms with E-state index in [4.69, 9.17) is 5.73 Å². The van der Waals surface area contributed by atoms with Gasteiger partial charge in [-0.15, -0.1) is 0 Å². The molecule has 1 amide bonds. The van der Waals surface area contributed by atoms with Gasteiger partial charge in [0.2, 0.25) is 0 Å². The van der Waals surface area contributed by atoms with Crippen LogP contribution in [0.5, 0.6) is 0 Å². The first-order chi connectivity index (χ1) is 7.57. The molecule has 2 N–H and O–H groups in total. The molecule has 16 heavy (non-hydrogen) atoms. The minimum atomic E-state index is 0.0315. The molecule has 0 atom stereocenters. The highest BCUT2D eigenvalue weighted by molar-refractivity contribution is 9.10. The molecule has 0 saturated heterocycles. The van der Waals surface area contributed by atoms with Crippen LogP contribution in [0.3, 0.4) is 0 Å². The number of aryl methyl sites for hydroxylation is 1. The minimum absolute atomic E-state index is 0.0315. The lowest BCUT2D eigenvalue weighted by Gasteiger charge is -2.18.